The lowest BCUT2D eigenvalue weighted by molar-refractivity contribution is 0.0847. The molecule has 0 aliphatic rings. The Balaban J connectivity index is 2.49. The topological polar surface area (TPSA) is 91.7 Å². The van der Waals surface area contributed by atoms with Gasteiger partial charge in [-0.15, -0.1) is 0 Å². The number of rotatable bonds is 3. The van der Waals surface area contributed by atoms with Crippen molar-refractivity contribution in [3.05, 3.63) is 34.2 Å². The van der Waals surface area contributed by atoms with Crippen LogP contribution in [0.5, 0.6) is 0 Å². The molecule has 0 radical (unpaired) electrons. The molecule has 0 aliphatic heterocycles. The van der Waals surface area contributed by atoms with Crippen molar-refractivity contribution in [1.29, 1.82) is 0 Å². The first-order valence-electron chi connectivity index (χ1n) is 5.41. The van der Waals surface area contributed by atoms with Crippen LogP contribution in [-0.2, 0) is 0 Å². The fourth-order valence-corrected chi connectivity index (χ4v) is 1.66. The lowest BCUT2D eigenvalue weighted by Crippen LogP contribution is -2.32. The smallest absolute Gasteiger partial charge is 0.323 e. The number of hydrogen-bond acceptors (Lipinski definition) is 3. The lowest BCUT2D eigenvalue weighted by Gasteiger charge is -2.20. The van der Waals surface area contributed by atoms with Crippen molar-refractivity contribution in [1.82, 2.24) is 9.97 Å². The molecule has 1 aromatic heterocycles. The monoisotopic (exact) mass is 233 g/mol. The van der Waals surface area contributed by atoms with Gasteiger partial charge in [0.1, 0.15) is 0 Å². The van der Waals surface area contributed by atoms with Gasteiger partial charge in [-0.05, 0) is 18.2 Å². The summed E-state index contributed by atoms with van der Waals surface area (Å²) >= 11 is 0. The zero-order chi connectivity index (χ0) is 12.6. The Kier molecular flexibility index (Phi) is 2.63. The maximum atomic E-state index is 12.2. The predicted molar refractivity (Wildman–Crippen MR) is 66.1 cm³/mol. The Labute approximate surface area is 98.0 Å². The molecule has 17 heavy (non-hydrogen) atoms. The van der Waals surface area contributed by atoms with Crippen LogP contribution in [0.4, 0.5) is 0 Å². The maximum absolute atomic E-state index is 12.2. The van der Waals surface area contributed by atoms with E-state index in [1.807, 2.05) is 0 Å². The lowest BCUT2D eigenvalue weighted by atomic mass is 9.84. The van der Waals surface area contributed by atoms with Crippen molar-refractivity contribution in [2.24, 2.45) is 11.1 Å². The van der Waals surface area contributed by atoms with Gasteiger partial charge >= 0.3 is 5.69 Å². The fourth-order valence-electron chi connectivity index (χ4n) is 1.66. The number of fused-ring (bicyclic) bond motifs is 1. The van der Waals surface area contributed by atoms with Crippen LogP contribution in [-0.4, -0.2) is 22.3 Å². The summed E-state index contributed by atoms with van der Waals surface area (Å²) in [6, 6.07) is 5.09. The van der Waals surface area contributed by atoms with Crippen molar-refractivity contribution < 1.29 is 4.79 Å². The molecule has 2 rings (SSSR count). The van der Waals surface area contributed by atoms with E-state index in [9.17, 15) is 9.59 Å². The van der Waals surface area contributed by atoms with Crippen molar-refractivity contribution in [2.75, 3.05) is 6.54 Å². The number of H-pyrrole nitrogens is 2. The molecule has 4 N–H and O–H groups in total. The summed E-state index contributed by atoms with van der Waals surface area (Å²) in [5, 5.41) is 0. The number of carbonyl (C=O) groups is 1. The molecule has 5 nitrogen and oxygen atoms in total. The van der Waals surface area contributed by atoms with E-state index < -0.39 is 5.41 Å². The summed E-state index contributed by atoms with van der Waals surface area (Å²) in [7, 11) is 0. The molecule has 0 bridgehead atoms. The molecule has 0 amide bonds. The summed E-state index contributed by atoms with van der Waals surface area (Å²) < 4.78 is 0. The van der Waals surface area contributed by atoms with Gasteiger partial charge in [-0.1, -0.05) is 13.8 Å². The first-order chi connectivity index (χ1) is 7.94. The molecule has 0 fully saturated rings. The average Bonchev–Trinajstić information content (AvgIpc) is 2.66. The predicted octanol–water partition coefficient (Wildman–Crippen LogP) is 1.02. The Bertz CT molecular complexity index is 622. The van der Waals surface area contributed by atoms with Crippen LogP contribution in [0.2, 0.25) is 0 Å². The van der Waals surface area contributed by atoms with Gasteiger partial charge < -0.3 is 15.7 Å². The number of nitrogens with two attached hydrogens (primary N) is 1. The Morgan fingerprint density at radius 2 is 1.94 bits per heavy atom. The molecule has 2 aromatic rings. The molecule has 1 heterocycles. The van der Waals surface area contributed by atoms with E-state index in [0.717, 1.165) is 0 Å². The number of aromatic amines is 2. The molecule has 1 aromatic carbocycles. The summed E-state index contributed by atoms with van der Waals surface area (Å²) in [6.07, 6.45) is 0. The minimum absolute atomic E-state index is 0.0241. The van der Waals surface area contributed by atoms with E-state index in [4.69, 9.17) is 5.73 Å². The minimum atomic E-state index is -0.593. The highest BCUT2D eigenvalue weighted by atomic mass is 16.1. The van der Waals surface area contributed by atoms with Gasteiger partial charge in [0.15, 0.2) is 5.78 Å². The normalized spacial score (nSPS) is 11.9. The van der Waals surface area contributed by atoms with E-state index in [0.29, 0.717) is 16.6 Å². The van der Waals surface area contributed by atoms with Gasteiger partial charge in [0, 0.05) is 17.5 Å². The number of hydrogen-bond donors (Lipinski definition) is 3. The molecule has 0 unspecified atom stereocenters. The van der Waals surface area contributed by atoms with Crippen LogP contribution in [0.15, 0.2) is 23.0 Å². The standard InChI is InChI=1S/C12H15N3O2/c1-12(2,6-13)10(16)7-3-4-8-9(5-7)15-11(17)14-8/h3-5H,6,13H2,1-2H3,(H2,14,15,17). The molecular formula is C12H15N3O2. The van der Waals surface area contributed by atoms with E-state index in [2.05, 4.69) is 9.97 Å². The van der Waals surface area contributed by atoms with Crippen LogP contribution in [0, 0.1) is 5.41 Å². The van der Waals surface area contributed by atoms with Gasteiger partial charge in [-0.3, -0.25) is 4.79 Å². The first-order valence-corrected chi connectivity index (χ1v) is 5.41. The summed E-state index contributed by atoms with van der Waals surface area (Å²) in [4.78, 5) is 28.5. The highest BCUT2D eigenvalue weighted by Crippen LogP contribution is 2.22. The quantitative estimate of drug-likeness (QED) is 0.691. The van der Waals surface area contributed by atoms with E-state index in [1.165, 1.54) is 0 Å². The van der Waals surface area contributed by atoms with Crippen LogP contribution in [0.1, 0.15) is 24.2 Å². The van der Waals surface area contributed by atoms with Crippen molar-refractivity contribution in [3.63, 3.8) is 0 Å². The van der Waals surface area contributed by atoms with E-state index in [-0.39, 0.29) is 18.0 Å². The minimum Gasteiger partial charge on any atom is -0.329 e. The molecule has 5 heteroatoms. The van der Waals surface area contributed by atoms with Gasteiger partial charge in [-0.2, -0.15) is 0 Å². The highest BCUT2D eigenvalue weighted by Gasteiger charge is 2.27. The highest BCUT2D eigenvalue weighted by molar-refractivity contribution is 6.02. The van der Waals surface area contributed by atoms with Gasteiger partial charge in [0.05, 0.1) is 11.0 Å². The molecule has 0 saturated heterocycles. The Morgan fingerprint density at radius 1 is 1.29 bits per heavy atom. The number of aromatic nitrogens is 2. The van der Waals surface area contributed by atoms with E-state index >= 15 is 0 Å². The third kappa shape index (κ3) is 2.01. The number of benzene rings is 1. The second kappa shape index (κ2) is 3.85. The molecule has 0 aliphatic carbocycles. The fraction of sp³-hybridized carbons (Fsp3) is 0.333. The summed E-state index contributed by atoms with van der Waals surface area (Å²) in [6.45, 7) is 3.90. The van der Waals surface area contributed by atoms with Crippen molar-refractivity contribution in [2.45, 2.75) is 13.8 Å². The number of ketones is 1. The van der Waals surface area contributed by atoms with Crippen LogP contribution in [0.3, 0.4) is 0 Å². The second-order valence-electron chi connectivity index (χ2n) is 4.76. The van der Waals surface area contributed by atoms with Crippen LogP contribution < -0.4 is 11.4 Å². The van der Waals surface area contributed by atoms with Crippen molar-refractivity contribution >= 4 is 16.8 Å². The third-order valence-electron chi connectivity index (χ3n) is 2.90. The Morgan fingerprint density at radius 3 is 2.59 bits per heavy atom. The SMILES string of the molecule is CC(C)(CN)C(=O)c1ccc2[nH]c(=O)[nH]c2c1. The third-order valence-corrected chi connectivity index (χ3v) is 2.90. The van der Waals surface area contributed by atoms with E-state index in [1.54, 1.807) is 32.0 Å². The summed E-state index contributed by atoms with van der Waals surface area (Å²) in [5.41, 5.74) is 6.59. The molecule has 0 saturated carbocycles. The zero-order valence-corrected chi connectivity index (χ0v) is 9.83. The van der Waals surface area contributed by atoms with Gasteiger partial charge in [0.2, 0.25) is 0 Å². The van der Waals surface area contributed by atoms with Crippen LogP contribution >= 0.6 is 0 Å². The number of nitrogens with one attached hydrogen (secondary N) is 2. The maximum Gasteiger partial charge on any atom is 0.323 e. The second-order valence-corrected chi connectivity index (χ2v) is 4.76. The molecular weight excluding hydrogens is 218 g/mol. The summed E-state index contributed by atoms with van der Waals surface area (Å²) in [5.74, 6) is -0.0241. The van der Waals surface area contributed by atoms with Crippen LogP contribution in [0.25, 0.3) is 11.0 Å². The van der Waals surface area contributed by atoms with Gasteiger partial charge in [-0.25, -0.2) is 4.79 Å². The molecule has 0 spiro atoms. The molecule has 0 atom stereocenters. The number of carbonyl (C=O) groups excluding carboxylic acids is 1. The average molecular weight is 233 g/mol. The Hall–Kier alpha value is -1.88. The van der Waals surface area contributed by atoms with Crippen molar-refractivity contribution in [3.8, 4) is 0 Å². The number of Topliss-reactive ketones (excluding diaryl/α,β-unsaturated/α-hetero) is 1. The zero-order valence-electron chi connectivity index (χ0n) is 9.83. The van der Waals surface area contributed by atoms with Gasteiger partial charge in [0.25, 0.3) is 0 Å². The first kappa shape index (κ1) is 11.6. The molecule has 90 valence electrons. The number of imidazole rings is 1. The largest absolute Gasteiger partial charge is 0.329 e.